The third-order valence-corrected chi connectivity index (χ3v) is 27.1. The number of rotatable bonds is 6. The number of allylic oxidation sites excluding steroid dienone is 2. The van der Waals surface area contributed by atoms with Crippen LogP contribution in [0.5, 0.6) is 0 Å². The summed E-state index contributed by atoms with van der Waals surface area (Å²) in [6.45, 7) is 19.0. The van der Waals surface area contributed by atoms with Crippen LogP contribution in [0.15, 0.2) is 36.4 Å². The van der Waals surface area contributed by atoms with Gasteiger partial charge in [0.1, 0.15) is 0 Å². The average Bonchev–Trinajstić information content (AvgIpc) is 3.23. The topological polar surface area (TPSA) is 0 Å². The molecule has 0 nitrogen and oxygen atoms in total. The van der Waals surface area contributed by atoms with E-state index in [2.05, 4.69) is 104 Å². The molecule has 0 N–H and O–H groups in total. The first-order valence-corrected chi connectivity index (χ1v) is 22.6. The summed E-state index contributed by atoms with van der Waals surface area (Å²) in [5, 5.41) is 0. The second kappa shape index (κ2) is 10.6. The second-order valence-corrected chi connectivity index (χ2v) is 29.1. The molecule has 1 saturated heterocycles. The van der Waals surface area contributed by atoms with Crippen molar-refractivity contribution in [2.24, 2.45) is 0 Å². The molecule has 1 heterocycles. The Morgan fingerprint density at radius 2 is 0.857 bits per heavy atom. The van der Waals surface area contributed by atoms with Crippen LogP contribution in [0.2, 0.25) is 8.35 Å². The van der Waals surface area contributed by atoms with Crippen molar-refractivity contribution in [1.82, 2.24) is 0 Å². The van der Waals surface area contributed by atoms with Crippen LogP contribution >= 0.6 is 0 Å². The first-order chi connectivity index (χ1) is 15.7. The molecule has 0 saturated carbocycles. The summed E-state index contributed by atoms with van der Waals surface area (Å²) in [6, 6.07) is 9.83. The second-order valence-electron chi connectivity index (χ2n) is 12.2. The van der Waals surface area contributed by atoms with Crippen molar-refractivity contribution in [2.75, 3.05) is 0 Å². The van der Waals surface area contributed by atoms with Gasteiger partial charge in [0, 0.05) is 0 Å². The fourth-order valence-electron chi connectivity index (χ4n) is 6.92. The molecule has 1 aliphatic heterocycles. The molecule has 0 aromatic heterocycles. The normalized spacial score (nSPS) is 20.0. The molecular weight excluding hydrogens is 634 g/mol. The monoisotopic (exact) mass is 676 g/mol. The van der Waals surface area contributed by atoms with E-state index in [4.69, 9.17) is 0 Å². The molecule has 188 valence electrons. The quantitative estimate of drug-likeness (QED) is 0.406. The molecule has 3 heteroatoms. The maximum absolute atomic E-state index is 2.68. The van der Waals surface area contributed by atoms with E-state index in [0.29, 0.717) is 23.7 Å². The van der Waals surface area contributed by atoms with Gasteiger partial charge < -0.3 is 24.8 Å². The SMILES string of the molecule is CC(C)c1ccc(C(C)C)c2c1C=C[CH]2[Hf+2]1([CH]2C=Cc3c(C(C)C)ccc(C(C)C)c32)[CH2][CH2]1.[Cl-].[Cl-]. The van der Waals surface area contributed by atoms with E-state index in [-0.39, 0.29) is 24.8 Å². The summed E-state index contributed by atoms with van der Waals surface area (Å²) < 4.78 is 4.63. The predicted octanol–water partition coefficient (Wildman–Crippen LogP) is 4.03. The van der Waals surface area contributed by atoms with Crippen LogP contribution in [0, 0.1) is 0 Å². The van der Waals surface area contributed by atoms with E-state index >= 15 is 0 Å². The van der Waals surface area contributed by atoms with Gasteiger partial charge in [0.15, 0.2) is 0 Å². The summed E-state index contributed by atoms with van der Waals surface area (Å²) >= 11 is -2.65. The van der Waals surface area contributed by atoms with Crippen molar-refractivity contribution in [3.05, 3.63) is 80.9 Å². The van der Waals surface area contributed by atoms with Crippen molar-refractivity contribution in [1.29, 1.82) is 0 Å². The molecule has 0 spiro atoms. The van der Waals surface area contributed by atoms with E-state index < -0.39 is 20.0 Å². The Morgan fingerprint density at radius 1 is 0.543 bits per heavy atom. The van der Waals surface area contributed by atoms with Crippen LogP contribution in [0.3, 0.4) is 0 Å². The Kier molecular flexibility index (Phi) is 8.78. The van der Waals surface area contributed by atoms with Gasteiger partial charge in [0.25, 0.3) is 0 Å². The zero-order chi connectivity index (χ0) is 23.7. The zero-order valence-electron chi connectivity index (χ0n) is 22.8. The van der Waals surface area contributed by atoms with Crippen molar-refractivity contribution in [3.63, 3.8) is 0 Å². The maximum Gasteiger partial charge on any atom is -1.00 e. The smallest absolute Gasteiger partial charge is 1.00 e. The van der Waals surface area contributed by atoms with Crippen LogP contribution in [0.4, 0.5) is 0 Å². The minimum atomic E-state index is -2.65. The van der Waals surface area contributed by atoms with E-state index in [1.54, 1.807) is 52.9 Å². The molecule has 35 heavy (non-hydrogen) atoms. The van der Waals surface area contributed by atoms with Gasteiger partial charge in [0.2, 0.25) is 0 Å². The summed E-state index contributed by atoms with van der Waals surface area (Å²) in [4.78, 5) is 0. The fourth-order valence-corrected chi connectivity index (χ4v) is 32.2. The van der Waals surface area contributed by atoms with Gasteiger partial charge in [-0.15, -0.1) is 0 Å². The number of halogens is 2. The maximum atomic E-state index is 2.68. The van der Waals surface area contributed by atoms with Crippen LogP contribution in [0.25, 0.3) is 12.2 Å². The Hall–Kier alpha value is -0.630. The third-order valence-electron chi connectivity index (χ3n) is 8.80. The molecule has 1 fully saturated rings. The number of hydrogen-bond donors (Lipinski definition) is 0. The van der Waals surface area contributed by atoms with Crippen LogP contribution in [0.1, 0.15) is 131 Å². The number of hydrogen-bond acceptors (Lipinski definition) is 0. The van der Waals surface area contributed by atoms with Crippen LogP contribution in [-0.4, -0.2) is 0 Å². The average molecular weight is 676 g/mol. The Balaban J connectivity index is 0.00000171. The largest absolute Gasteiger partial charge is 1.00 e. The molecule has 2 aromatic carbocycles. The molecule has 2 aliphatic carbocycles. The van der Waals surface area contributed by atoms with Gasteiger partial charge in [-0.2, -0.15) is 0 Å². The van der Waals surface area contributed by atoms with Crippen LogP contribution in [-0.2, 0) is 20.0 Å². The van der Waals surface area contributed by atoms with Crippen molar-refractivity contribution in [3.8, 4) is 0 Å². The van der Waals surface area contributed by atoms with E-state index in [9.17, 15) is 0 Å². The minimum Gasteiger partial charge on any atom is -1.00 e. The summed E-state index contributed by atoms with van der Waals surface area (Å²) in [6.07, 6.45) is 10.4. The standard InChI is InChI=1S/2C15H19.C2H4.2ClH.Hf/c2*1-10(2)12-8-9-13(11(3)4)15-7-5-6-14(12)15;1-2;;;/h2*5-11H,1-4H3;1-2H2;2*1H;/q;;;;;+2/p-2. The van der Waals surface area contributed by atoms with Gasteiger partial charge in [-0.3, -0.25) is 0 Å². The predicted molar refractivity (Wildman–Crippen MR) is 142 cm³/mol. The Morgan fingerprint density at radius 3 is 1.14 bits per heavy atom. The molecule has 5 rings (SSSR count). The molecule has 3 aliphatic rings. The van der Waals surface area contributed by atoms with Crippen molar-refractivity contribution < 1.29 is 44.8 Å². The molecule has 0 radical (unpaired) electrons. The Bertz CT molecular complexity index is 1060. The van der Waals surface area contributed by atoms with Gasteiger partial charge in [0.05, 0.1) is 0 Å². The molecule has 0 bridgehead atoms. The molecule has 0 amide bonds. The van der Waals surface area contributed by atoms with Gasteiger partial charge in [-0.25, -0.2) is 0 Å². The van der Waals surface area contributed by atoms with E-state index in [0.717, 1.165) is 7.35 Å². The Labute approximate surface area is 231 Å². The van der Waals surface area contributed by atoms with Crippen LogP contribution < -0.4 is 24.8 Å². The van der Waals surface area contributed by atoms with E-state index in [1.165, 1.54) is 0 Å². The van der Waals surface area contributed by atoms with E-state index in [1.807, 2.05) is 0 Å². The number of benzene rings is 2. The third kappa shape index (κ3) is 4.61. The zero-order valence-corrected chi connectivity index (χ0v) is 27.9. The molecular formula is C32H42Cl2Hf. The van der Waals surface area contributed by atoms with Crippen molar-refractivity contribution >= 4 is 12.2 Å². The van der Waals surface area contributed by atoms with Gasteiger partial charge in [-0.05, 0) is 0 Å². The minimum absolute atomic E-state index is 0. The summed E-state index contributed by atoms with van der Waals surface area (Å²) in [5.74, 6) is 2.36. The first-order valence-electron chi connectivity index (χ1n) is 13.4. The first kappa shape index (κ1) is 28.9. The molecule has 2 atom stereocenters. The summed E-state index contributed by atoms with van der Waals surface area (Å²) in [5.41, 5.74) is 13.1. The van der Waals surface area contributed by atoms with Crippen molar-refractivity contribution in [2.45, 2.75) is 94.8 Å². The molecule has 2 aromatic rings. The van der Waals surface area contributed by atoms with Gasteiger partial charge >= 0.3 is 208 Å². The van der Waals surface area contributed by atoms with Gasteiger partial charge in [-0.1, -0.05) is 0 Å². The summed E-state index contributed by atoms with van der Waals surface area (Å²) in [7, 11) is 0. The number of fused-ring (bicyclic) bond motifs is 2. The molecule has 2 unspecified atom stereocenters. The fraction of sp³-hybridized carbons (Fsp3) is 0.500.